The molecule has 1 saturated carbocycles. The van der Waals surface area contributed by atoms with Crippen molar-refractivity contribution < 1.29 is 8.42 Å². The van der Waals surface area contributed by atoms with Gasteiger partial charge in [-0.3, -0.25) is 0 Å². The summed E-state index contributed by atoms with van der Waals surface area (Å²) in [6, 6.07) is 0.415. The third-order valence-electron chi connectivity index (χ3n) is 3.41. The summed E-state index contributed by atoms with van der Waals surface area (Å²) >= 11 is 0. The highest BCUT2D eigenvalue weighted by Gasteiger charge is 2.45. The highest BCUT2D eigenvalue weighted by molar-refractivity contribution is 7.89. The molecule has 0 spiro atoms. The average Bonchev–Trinajstić information content (AvgIpc) is 2.79. The van der Waals surface area contributed by atoms with Crippen LogP contribution < -0.4 is 10.0 Å². The standard InChI is InChI=1S/C12H26N2O2S/c1-10(2)13-6-5-7-17(15,16)14-9-11-8-12(11,3)4/h10-11,13-14H,5-9H2,1-4H3. The monoisotopic (exact) mass is 262 g/mol. The zero-order valence-electron chi connectivity index (χ0n) is 11.4. The van der Waals surface area contributed by atoms with Crippen LogP contribution in [0.4, 0.5) is 0 Å². The number of hydrogen-bond acceptors (Lipinski definition) is 3. The molecule has 0 aliphatic heterocycles. The average molecular weight is 262 g/mol. The first kappa shape index (κ1) is 14.9. The molecule has 0 aromatic heterocycles. The Morgan fingerprint density at radius 3 is 2.41 bits per heavy atom. The quantitative estimate of drug-likeness (QED) is 0.649. The van der Waals surface area contributed by atoms with Crippen LogP contribution in [0.25, 0.3) is 0 Å². The first-order chi connectivity index (χ1) is 7.73. The SMILES string of the molecule is CC(C)NCCCS(=O)(=O)NCC1CC1(C)C. The van der Waals surface area contributed by atoms with Gasteiger partial charge in [-0.1, -0.05) is 27.7 Å². The van der Waals surface area contributed by atoms with E-state index in [-0.39, 0.29) is 5.75 Å². The molecule has 1 atom stereocenters. The van der Waals surface area contributed by atoms with Crippen molar-refractivity contribution in [1.82, 2.24) is 10.0 Å². The summed E-state index contributed by atoms with van der Waals surface area (Å²) < 4.78 is 26.1. The fraction of sp³-hybridized carbons (Fsp3) is 1.00. The Labute approximate surface area is 106 Å². The minimum Gasteiger partial charge on any atom is -0.314 e. The zero-order chi connectivity index (χ0) is 13.1. The van der Waals surface area contributed by atoms with Gasteiger partial charge < -0.3 is 5.32 Å². The second kappa shape index (κ2) is 5.67. The van der Waals surface area contributed by atoms with E-state index in [0.717, 1.165) is 13.0 Å². The van der Waals surface area contributed by atoms with Gasteiger partial charge in [0.05, 0.1) is 5.75 Å². The van der Waals surface area contributed by atoms with Gasteiger partial charge >= 0.3 is 0 Å². The summed E-state index contributed by atoms with van der Waals surface area (Å²) in [6.45, 7) is 9.83. The first-order valence-electron chi connectivity index (χ1n) is 6.44. The Bertz CT molecular complexity index is 336. The van der Waals surface area contributed by atoms with E-state index in [2.05, 4.69) is 37.7 Å². The molecule has 17 heavy (non-hydrogen) atoms. The smallest absolute Gasteiger partial charge is 0.211 e. The van der Waals surface area contributed by atoms with Gasteiger partial charge in [-0.25, -0.2) is 13.1 Å². The van der Waals surface area contributed by atoms with Crippen molar-refractivity contribution in [3.8, 4) is 0 Å². The van der Waals surface area contributed by atoms with E-state index in [9.17, 15) is 8.42 Å². The fourth-order valence-corrected chi connectivity index (χ4v) is 3.00. The van der Waals surface area contributed by atoms with E-state index >= 15 is 0 Å². The molecule has 1 rings (SSSR count). The molecule has 0 heterocycles. The van der Waals surface area contributed by atoms with Crippen molar-refractivity contribution in [2.45, 2.75) is 46.6 Å². The second-order valence-corrected chi connectivity index (χ2v) is 7.95. The van der Waals surface area contributed by atoms with Crippen LogP contribution >= 0.6 is 0 Å². The van der Waals surface area contributed by atoms with Crippen molar-refractivity contribution in [2.24, 2.45) is 11.3 Å². The minimum absolute atomic E-state index is 0.222. The number of hydrogen-bond donors (Lipinski definition) is 2. The molecule has 1 fully saturated rings. The highest BCUT2D eigenvalue weighted by Crippen LogP contribution is 2.51. The van der Waals surface area contributed by atoms with Crippen LogP contribution in [0.5, 0.6) is 0 Å². The van der Waals surface area contributed by atoms with Crippen molar-refractivity contribution in [2.75, 3.05) is 18.8 Å². The molecular weight excluding hydrogens is 236 g/mol. The molecule has 0 radical (unpaired) electrons. The van der Waals surface area contributed by atoms with E-state index in [1.807, 2.05) is 0 Å². The lowest BCUT2D eigenvalue weighted by Crippen LogP contribution is -2.31. The predicted octanol–water partition coefficient (Wildman–Crippen LogP) is 1.34. The molecule has 0 aromatic carbocycles. The molecule has 2 N–H and O–H groups in total. The van der Waals surface area contributed by atoms with Crippen LogP contribution in [0, 0.1) is 11.3 Å². The van der Waals surface area contributed by atoms with Gasteiger partial charge in [-0.05, 0) is 30.7 Å². The summed E-state index contributed by atoms with van der Waals surface area (Å²) in [5, 5.41) is 3.22. The van der Waals surface area contributed by atoms with Gasteiger partial charge in [-0.2, -0.15) is 0 Å². The van der Waals surface area contributed by atoms with Crippen molar-refractivity contribution in [3.63, 3.8) is 0 Å². The van der Waals surface area contributed by atoms with Crippen LogP contribution in [0.2, 0.25) is 0 Å². The Morgan fingerprint density at radius 2 is 1.94 bits per heavy atom. The fourth-order valence-electron chi connectivity index (χ4n) is 1.88. The number of rotatable bonds is 8. The molecule has 4 nitrogen and oxygen atoms in total. The summed E-state index contributed by atoms with van der Waals surface area (Å²) in [5.74, 6) is 0.742. The maximum atomic E-state index is 11.7. The Balaban J connectivity index is 2.14. The number of nitrogens with one attached hydrogen (secondary N) is 2. The summed E-state index contributed by atoms with van der Waals surface area (Å²) in [5.41, 5.74) is 0.335. The van der Waals surface area contributed by atoms with Gasteiger partial charge in [-0.15, -0.1) is 0 Å². The van der Waals surface area contributed by atoms with E-state index in [4.69, 9.17) is 0 Å². The largest absolute Gasteiger partial charge is 0.314 e. The summed E-state index contributed by atoms with van der Waals surface area (Å²) in [7, 11) is -3.07. The zero-order valence-corrected chi connectivity index (χ0v) is 12.2. The third kappa shape index (κ3) is 5.84. The molecule has 0 saturated heterocycles. The van der Waals surface area contributed by atoms with Crippen LogP contribution in [0.3, 0.4) is 0 Å². The lowest BCUT2D eigenvalue weighted by atomic mass is 10.1. The van der Waals surface area contributed by atoms with E-state index in [1.165, 1.54) is 0 Å². The Kier molecular flexibility index (Phi) is 4.98. The molecular formula is C12H26N2O2S. The molecule has 5 heteroatoms. The lowest BCUT2D eigenvalue weighted by molar-refractivity contribution is 0.533. The van der Waals surface area contributed by atoms with Crippen LogP contribution in [-0.2, 0) is 10.0 Å². The molecule has 1 unspecified atom stereocenters. The molecule has 1 aliphatic carbocycles. The van der Waals surface area contributed by atoms with Gasteiger partial charge in [0.25, 0.3) is 0 Å². The summed E-state index contributed by atoms with van der Waals surface area (Å²) in [4.78, 5) is 0. The molecule has 0 aromatic rings. The van der Waals surface area contributed by atoms with Crippen molar-refractivity contribution in [3.05, 3.63) is 0 Å². The minimum atomic E-state index is -3.07. The molecule has 0 bridgehead atoms. The molecule has 102 valence electrons. The van der Waals surface area contributed by atoms with Crippen LogP contribution in [0.1, 0.15) is 40.5 Å². The Morgan fingerprint density at radius 1 is 1.35 bits per heavy atom. The predicted molar refractivity (Wildman–Crippen MR) is 71.4 cm³/mol. The maximum Gasteiger partial charge on any atom is 0.211 e. The van der Waals surface area contributed by atoms with Crippen LogP contribution in [0.15, 0.2) is 0 Å². The van der Waals surface area contributed by atoms with E-state index < -0.39 is 10.0 Å². The normalized spacial score (nSPS) is 23.0. The lowest BCUT2D eigenvalue weighted by Gasteiger charge is -2.09. The van der Waals surface area contributed by atoms with Crippen molar-refractivity contribution in [1.29, 1.82) is 0 Å². The summed E-state index contributed by atoms with van der Waals surface area (Å²) in [6.07, 6.45) is 1.80. The van der Waals surface area contributed by atoms with Gasteiger partial charge in [0.1, 0.15) is 0 Å². The van der Waals surface area contributed by atoms with Crippen LogP contribution in [-0.4, -0.2) is 33.3 Å². The second-order valence-electron chi connectivity index (χ2n) is 6.02. The van der Waals surface area contributed by atoms with E-state index in [1.54, 1.807) is 0 Å². The number of sulfonamides is 1. The van der Waals surface area contributed by atoms with Gasteiger partial charge in [0.2, 0.25) is 10.0 Å². The third-order valence-corrected chi connectivity index (χ3v) is 4.84. The topological polar surface area (TPSA) is 58.2 Å². The van der Waals surface area contributed by atoms with E-state index in [0.29, 0.717) is 30.3 Å². The van der Waals surface area contributed by atoms with Gasteiger partial charge in [0.15, 0.2) is 0 Å². The Hall–Kier alpha value is -0.130. The molecule has 1 aliphatic rings. The first-order valence-corrected chi connectivity index (χ1v) is 8.09. The molecule has 0 amide bonds. The maximum absolute atomic E-state index is 11.7. The van der Waals surface area contributed by atoms with Gasteiger partial charge in [0, 0.05) is 12.6 Å². The highest BCUT2D eigenvalue weighted by atomic mass is 32.2. The van der Waals surface area contributed by atoms with Crippen molar-refractivity contribution >= 4 is 10.0 Å².